The second-order valence-corrected chi connectivity index (χ2v) is 8.79. The average Bonchev–Trinajstić information content (AvgIpc) is 3.61. The lowest BCUT2D eigenvalue weighted by molar-refractivity contribution is 0.265. The van der Waals surface area contributed by atoms with Crippen molar-refractivity contribution in [2.24, 2.45) is 0 Å². The van der Waals surface area contributed by atoms with Crippen LogP contribution in [0.25, 0.3) is 22.3 Å². The van der Waals surface area contributed by atoms with Crippen LogP contribution in [0.5, 0.6) is 11.5 Å². The van der Waals surface area contributed by atoms with Crippen LogP contribution in [0.15, 0.2) is 85.1 Å². The Hall–Kier alpha value is -4.13. The van der Waals surface area contributed by atoms with Gasteiger partial charge in [0.05, 0.1) is 13.2 Å². The Morgan fingerprint density at radius 2 is 1.86 bits per heavy atom. The lowest BCUT2D eigenvalue weighted by Crippen LogP contribution is -2.04. The molecule has 0 radical (unpaired) electrons. The SMILES string of the molecule is C=C/C=C\C(=C/C)Cn1ccc2c(CCC)c(OCCCCOc3ccc(-c4nn[nH]n4)cc3)ccc21. The number of aryl methyl sites for hydroxylation is 1. The summed E-state index contributed by atoms with van der Waals surface area (Å²) >= 11 is 0. The Bertz CT molecular complexity index is 1330. The topological polar surface area (TPSA) is 77.9 Å². The molecule has 0 amide bonds. The minimum Gasteiger partial charge on any atom is -0.494 e. The summed E-state index contributed by atoms with van der Waals surface area (Å²) in [6.07, 6.45) is 14.1. The van der Waals surface area contributed by atoms with E-state index in [1.807, 2.05) is 36.4 Å². The number of allylic oxidation sites excluding steroid dienone is 5. The normalized spacial score (nSPS) is 11.9. The highest BCUT2D eigenvalue weighted by Gasteiger charge is 2.12. The first kappa shape index (κ1) is 25.9. The number of H-pyrrole nitrogens is 1. The minimum absolute atomic E-state index is 0.573. The highest BCUT2D eigenvalue weighted by Crippen LogP contribution is 2.31. The van der Waals surface area contributed by atoms with Gasteiger partial charge in [-0.3, -0.25) is 0 Å². The van der Waals surface area contributed by atoms with Crippen LogP contribution in [-0.2, 0) is 13.0 Å². The fourth-order valence-electron chi connectivity index (χ4n) is 4.28. The summed E-state index contributed by atoms with van der Waals surface area (Å²) in [7, 11) is 0. The lowest BCUT2D eigenvalue weighted by Gasteiger charge is -2.14. The summed E-state index contributed by atoms with van der Waals surface area (Å²) in [5.41, 5.74) is 4.68. The first-order valence-electron chi connectivity index (χ1n) is 12.9. The molecule has 7 heteroatoms. The van der Waals surface area contributed by atoms with E-state index in [0.717, 1.165) is 49.3 Å². The fraction of sp³-hybridized carbons (Fsp3) is 0.300. The van der Waals surface area contributed by atoms with Gasteiger partial charge in [0.1, 0.15) is 11.5 Å². The van der Waals surface area contributed by atoms with E-state index in [-0.39, 0.29) is 0 Å². The van der Waals surface area contributed by atoms with Crippen molar-refractivity contribution < 1.29 is 9.47 Å². The number of hydrogen-bond acceptors (Lipinski definition) is 5. The number of hydrogen-bond donors (Lipinski definition) is 1. The second kappa shape index (κ2) is 13.3. The number of aromatic nitrogens is 5. The zero-order chi connectivity index (χ0) is 25.9. The molecule has 192 valence electrons. The maximum Gasteiger partial charge on any atom is 0.204 e. The highest BCUT2D eigenvalue weighted by atomic mass is 16.5. The van der Waals surface area contributed by atoms with Gasteiger partial charge in [0, 0.05) is 34.8 Å². The van der Waals surface area contributed by atoms with E-state index in [4.69, 9.17) is 9.47 Å². The summed E-state index contributed by atoms with van der Waals surface area (Å²) in [5, 5.41) is 15.3. The summed E-state index contributed by atoms with van der Waals surface area (Å²) in [4.78, 5) is 0. The Morgan fingerprint density at radius 1 is 1.05 bits per heavy atom. The number of benzene rings is 2. The molecule has 37 heavy (non-hydrogen) atoms. The molecular formula is C30H35N5O2. The Morgan fingerprint density at radius 3 is 2.57 bits per heavy atom. The van der Waals surface area contributed by atoms with Gasteiger partial charge in [-0.2, -0.15) is 5.21 Å². The van der Waals surface area contributed by atoms with Gasteiger partial charge in [0.25, 0.3) is 0 Å². The number of nitrogens with zero attached hydrogens (tertiary/aromatic N) is 4. The van der Waals surface area contributed by atoms with Gasteiger partial charge in [-0.1, -0.05) is 44.2 Å². The summed E-state index contributed by atoms with van der Waals surface area (Å²) < 4.78 is 14.4. The number of nitrogens with one attached hydrogen (secondary N) is 1. The van der Waals surface area contributed by atoms with Crippen molar-refractivity contribution in [2.75, 3.05) is 13.2 Å². The average molecular weight is 498 g/mol. The first-order chi connectivity index (χ1) is 18.2. The Balaban J connectivity index is 1.30. The highest BCUT2D eigenvalue weighted by molar-refractivity contribution is 5.86. The zero-order valence-corrected chi connectivity index (χ0v) is 21.7. The summed E-state index contributed by atoms with van der Waals surface area (Å²) in [6.45, 7) is 10.2. The molecule has 1 N–H and O–H groups in total. The van der Waals surface area contributed by atoms with Crippen molar-refractivity contribution in [1.82, 2.24) is 25.2 Å². The predicted molar refractivity (Wildman–Crippen MR) is 149 cm³/mol. The number of ether oxygens (including phenoxy) is 2. The molecule has 2 aromatic carbocycles. The van der Waals surface area contributed by atoms with Gasteiger partial charge in [0.2, 0.25) is 5.82 Å². The molecule has 0 saturated heterocycles. The van der Waals surface area contributed by atoms with E-state index in [1.165, 1.54) is 22.0 Å². The molecule has 2 heterocycles. The predicted octanol–water partition coefficient (Wildman–Crippen LogP) is 6.70. The fourth-order valence-corrected chi connectivity index (χ4v) is 4.28. The second-order valence-electron chi connectivity index (χ2n) is 8.79. The molecule has 0 aliphatic heterocycles. The summed E-state index contributed by atoms with van der Waals surface area (Å²) in [5.74, 6) is 2.39. The molecular weight excluding hydrogens is 462 g/mol. The molecule has 0 unspecified atom stereocenters. The molecule has 0 bridgehead atoms. The zero-order valence-electron chi connectivity index (χ0n) is 21.7. The van der Waals surface area contributed by atoms with Gasteiger partial charge >= 0.3 is 0 Å². The van der Waals surface area contributed by atoms with Crippen LogP contribution in [0.1, 0.15) is 38.7 Å². The molecule has 7 nitrogen and oxygen atoms in total. The third-order valence-electron chi connectivity index (χ3n) is 6.21. The van der Waals surface area contributed by atoms with Crippen LogP contribution < -0.4 is 9.47 Å². The van der Waals surface area contributed by atoms with Gasteiger partial charge in [-0.25, -0.2) is 0 Å². The third-order valence-corrected chi connectivity index (χ3v) is 6.21. The van der Waals surface area contributed by atoms with E-state index in [1.54, 1.807) is 0 Å². The number of aromatic amines is 1. The number of rotatable bonds is 14. The van der Waals surface area contributed by atoms with Crippen LogP contribution in [0.2, 0.25) is 0 Å². The quantitative estimate of drug-likeness (QED) is 0.155. The smallest absolute Gasteiger partial charge is 0.204 e. The van der Waals surface area contributed by atoms with E-state index in [9.17, 15) is 0 Å². The van der Waals surface area contributed by atoms with Crippen molar-refractivity contribution >= 4 is 10.9 Å². The van der Waals surface area contributed by atoms with Crippen LogP contribution in [0.4, 0.5) is 0 Å². The van der Waals surface area contributed by atoms with Crippen molar-refractivity contribution in [3.05, 3.63) is 90.7 Å². The standard InChI is InChI=1S/C30H35N5O2/c1-4-7-11-23(6-3)22-35-19-18-26-27(10-5-2)29(17-16-28(26)35)37-21-9-8-20-36-25-14-12-24(13-15-25)30-31-33-34-32-30/h4,6-7,11-19H,1,5,8-10,20-22H2,2-3H3,(H,31,32,33,34)/b11-7-,23-6+. The van der Waals surface area contributed by atoms with Gasteiger partial charge in [-0.05, 0) is 79.4 Å². The van der Waals surface area contributed by atoms with Crippen LogP contribution >= 0.6 is 0 Å². The van der Waals surface area contributed by atoms with E-state index in [2.05, 4.69) is 82.2 Å². The Kier molecular flexibility index (Phi) is 9.29. The maximum absolute atomic E-state index is 6.25. The van der Waals surface area contributed by atoms with Crippen molar-refractivity contribution in [3.8, 4) is 22.9 Å². The third kappa shape index (κ3) is 6.76. The van der Waals surface area contributed by atoms with E-state index >= 15 is 0 Å². The largest absolute Gasteiger partial charge is 0.494 e. The molecule has 0 aliphatic carbocycles. The van der Waals surface area contributed by atoms with Crippen LogP contribution in [0, 0.1) is 0 Å². The minimum atomic E-state index is 0.573. The number of unbranched alkanes of at least 4 members (excludes halogenated alkanes) is 1. The van der Waals surface area contributed by atoms with Gasteiger partial charge in [-0.15, -0.1) is 10.2 Å². The van der Waals surface area contributed by atoms with Crippen LogP contribution in [-0.4, -0.2) is 38.4 Å². The molecule has 2 aromatic heterocycles. The maximum atomic E-state index is 6.25. The molecule has 0 aliphatic rings. The monoisotopic (exact) mass is 497 g/mol. The summed E-state index contributed by atoms with van der Waals surface area (Å²) in [6, 6.07) is 14.2. The molecule has 4 aromatic rings. The van der Waals surface area contributed by atoms with Gasteiger partial charge < -0.3 is 14.0 Å². The molecule has 0 atom stereocenters. The molecule has 0 fully saturated rings. The van der Waals surface area contributed by atoms with E-state index < -0.39 is 0 Å². The van der Waals surface area contributed by atoms with Crippen molar-refractivity contribution in [2.45, 2.75) is 46.1 Å². The molecule has 0 saturated carbocycles. The van der Waals surface area contributed by atoms with Crippen molar-refractivity contribution in [3.63, 3.8) is 0 Å². The molecule has 4 rings (SSSR count). The van der Waals surface area contributed by atoms with Crippen LogP contribution in [0.3, 0.4) is 0 Å². The van der Waals surface area contributed by atoms with Gasteiger partial charge in [0.15, 0.2) is 0 Å². The van der Waals surface area contributed by atoms with E-state index in [0.29, 0.717) is 19.0 Å². The lowest BCUT2D eigenvalue weighted by atomic mass is 10.0. The molecule has 0 spiro atoms. The first-order valence-corrected chi connectivity index (χ1v) is 12.9. The van der Waals surface area contributed by atoms with Crippen molar-refractivity contribution in [1.29, 1.82) is 0 Å². The number of fused-ring (bicyclic) bond motifs is 1. The number of tetrazole rings is 1. The Labute approximate surface area is 218 Å².